The Labute approximate surface area is 180 Å². The predicted molar refractivity (Wildman–Crippen MR) is 116 cm³/mol. The van der Waals surface area contributed by atoms with Gasteiger partial charge >= 0.3 is 0 Å². The number of sulfonamides is 1. The monoisotopic (exact) mass is 442 g/mol. The largest absolute Gasteiger partial charge is 0.350 e. The highest BCUT2D eigenvalue weighted by Gasteiger charge is 2.33. The fourth-order valence-corrected chi connectivity index (χ4v) is 4.56. The number of nitrogens with one attached hydrogen (secondary N) is 1. The van der Waals surface area contributed by atoms with Crippen LogP contribution in [0.5, 0.6) is 0 Å². The summed E-state index contributed by atoms with van der Waals surface area (Å²) in [5.41, 5.74) is 2.13. The molecule has 0 saturated heterocycles. The number of hydrogen-bond donors (Lipinski definition) is 2. The Balaban J connectivity index is 1.70. The van der Waals surface area contributed by atoms with Gasteiger partial charge in [-0.05, 0) is 48.7 Å². The Bertz CT molecular complexity index is 1230. The average Bonchev–Trinajstić information content (AvgIpc) is 3.07. The zero-order valence-electron chi connectivity index (χ0n) is 17.2. The number of nitrogens with two attached hydrogens (primary N) is 1. The molecule has 1 aliphatic rings. The Morgan fingerprint density at radius 3 is 2.68 bits per heavy atom. The number of hydrogen-bond acceptors (Lipinski definition) is 7. The van der Waals surface area contributed by atoms with Crippen LogP contribution in [0, 0.1) is 5.82 Å². The van der Waals surface area contributed by atoms with E-state index in [1.807, 2.05) is 30.9 Å². The smallest absolute Gasteiger partial charge is 0.238 e. The van der Waals surface area contributed by atoms with E-state index >= 15 is 0 Å². The molecule has 1 unspecified atom stereocenters. The van der Waals surface area contributed by atoms with Crippen molar-refractivity contribution < 1.29 is 12.8 Å². The summed E-state index contributed by atoms with van der Waals surface area (Å²) in [6.45, 7) is 4.27. The lowest BCUT2D eigenvalue weighted by Gasteiger charge is -2.23. The summed E-state index contributed by atoms with van der Waals surface area (Å²) in [5.74, 6) is 1.08. The van der Waals surface area contributed by atoms with E-state index in [2.05, 4.69) is 20.3 Å². The topological polar surface area (TPSA) is 114 Å². The maximum atomic E-state index is 13.5. The maximum Gasteiger partial charge on any atom is 0.238 e. The van der Waals surface area contributed by atoms with Crippen LogP contribution in [0.3, 0.4) is 0 Å². The molecule has 8 nitrogen and oxygen atoms in total. The molecule has 162 valence electrons. The Hall–Kier alpha value is -3.11. The van der Waals surface area contributed by atoms with Gasteiger partial charge in [0.1, 0.15) is 11.6 Å². The second-order valence-electron chi connectivity index (χ2n) is 7.43. The van der Waals surface area contributed by atoms with Gasteiger partial charge in [0.2, 0.25) is 21.9 Å². The highest BCUT2D eigenvalue weighted by Crippen LogP contribution is 2.39. The molecule has 0 amide bonds. The van der Waals surface area contributed by atoms with Gasteiger partial charge in [-0.25, -0.2) is 17.9 Å². The highest BCUT2D eigenvalue weighted by molar-refractivity contribution is 7.89. The van der Waals surface area contributed by atoms with Crippen LogP contribution in [0.4, 0.5) is 22.0 Å². The van der Waals surface area contributed by atoms with Crippen molar-refractivity contribution in [2.24, 2.45) is 5.14 Å². The molecule has 4 rings (SSSR count). The Kier molecular flexibility index (Phi) is 5.59. The van der Waals surface area contributed by atoms with Crippen molar-refractivity contribution in [1.82, 2.24) is 15.0 Å². The molecule has 0 fully saturated rings. The second-order valence-corrected chi connectivity index (χ2v) is 8.96. The zero-order chi connectivity index (χ0) is 22.2. The summed E-state index contributed by atoms with van der Waals surface area (Å²) in [6.07, 6.45) is 1.09. The van der Waals surface area contributed by atoms with Crippen LogP contribution in [0.2, 0.25) is 0 Å². The van der Waals surface area contributed by atoms with Crippen LogP contribution in [0.25, 0.3) is 0 Å². The number of halogens is 1. The minimum Gasteiger partial charge on any atom is -0.350 e. The fraction of sp³-hybridized carbons (Fsp3) is 0.286. The van der Waals surface area contributed by atoms with Crippen LogP contribution in [0.1, 0.15) is 30.8 Å². The molecule has 3 aromatic rings. The number of aromatic nitrogens is 3. The lowest BCUT2D eigenvalue weighted by atomic mass is 10.1. The number of aryl methyl sites for hydroxylation is 1. The SMILES string of the molecule is CCc1nc(NCc2cccc(F)c2)nc(N2c3cccc(S(N)(=O)=O)c3CC2C)n1. The molecule has 2 aromatic carbocycles. The van der Waals surface area contributed by atoms with Gasteiger partial charge in [0.05, 0.1) is 4.90 Å². The first-order valence-electron chi connectivity index (χ1n) is 9.93. The summed E-state index contributed by atoms with van der Waals surface area (Å²) in [6, 6.07) is 11.2. The number of nitrogens with zero attached hydrogens (tertiary/aromatic N) is 4. The number of primary sulfonamides is 1. The number of benzene rings is 2. The van der Waals surface area contributed by atoms with Gasteiger partial charge in [-0.3, -0.25) is 0 Å². The lowest BCUT2D eigenvalue weighted by molar-refractivity contribution is 0.596. The van der Waals surface area contributed by atoms with Crippen LogP contribution in [0.15, 0.2) is 47.4 Å². The molecule has 1 aromatic heterocycles. The summed E-state index contributed by atoms with van der Waals surface area (Å²) in [5, 5.41) is 8.54. The molecule has 0 bridgehead atoms. The van der Waals surface area contributed by atoms with Gasteiger partial charge in [-0.1, -0.05) is 25.1 Å². The van der Waals surface area contributed by atoms with Crippen molar-refractivity contribution >= 4 is 27.6 Å². The van der Waals surface area contributed by atoms with Crippen molar-refractivity contribution in [3.05, 3.63) is 65.2 Å². The standard InChI is InChI=1S/C21H23FN6O2S/c1-3-19-25-20(24-12-14-6-4-7-15(22)11-14)27-21(26-19)28-13(2)10-16-17(28)8-5-9-18(16)31(23,29)30/h4-9,11,13H,3,10,12H2,1-2H3,(H2,23,29,30)(H,24,25,26,27). The summed E-state index contributed by atoms with van der Waals surface area (Å²) < 4.78 is 37.5. The molecule has 10 heteroatoms. The van der Waals surface area contributed by atoms with E-state index in [1.54, 1.807) is 12.1 Å². The molecular weight excluding hydrogens is 419 g/mol. The van der Waals surface area contributed by atoms with Crippen molar-refractivity contribution in [3.8, 4) is 0 Å². The number of fused-ring (bicyclic) bond motifs is 1. The first kappa shape index (κ1) is 21.1. The van der Waals surface area contributed by atoms with Crippen molar-refractivity contribution in [2.75, 3.05) is 10.2 Å². The van der Waals surface area contributed by atoms with Gasteiger partial charge in [0.15, 0.2) is 0 Å². The number of rotatable bonds is 6. The molecule has 0 radical (unpaired) electrons. The fourth-order valence-electron chi connectivity index (χ4n) is 3.76. The summed E-state index contributed by atoms with van der Waals surface area (Å²) in [4.78, 5) is 15.6. The van der Waals surface area contributed by atoms with E-state index in [1.165, 1.54) is 18.2 Å². The molecular formula is C21H23FN6O2S. The van der Waals surface area contributed by atoms with Gasteiger partial charge in [0, 0.05) is 24.7 Å². The zero-order valence-corrected chi connectivity index (χ0v) is 18.0. The van der Waals surface area contributed by atoms with E-state index in [0.29, 0.717) is 48.4 Å². The molecule has 0 saturated carbocycles. The first-order valence-corrected chi connectivity index (χ1v) is 11.5. The van der Waals surface area contributed by atoms with Gasteiger partial charge < -0.3 is 10.2 Å². The van der Waals surface area contributed by atoms with Gasteiger partial charge in [-0.2, -0.15) is 15.0 Å². The minimum absolute atomic E-state index is 0.0684. The first-order chi connectivity index (χ1) is 14.8. The van der Waals surface area contributed by atoms with Crippen molar-refractivity contribution in [1.29, 1.82) is 0 Å². The van der Waals surface area contributed by atoms with E-state index in [0.717, 1.165) is 5.56 Å². The van der Waals surface area contributed by atoms with E-state index in [9.17, 15) is 12.8 Å². The predicted octanol–water partition coefficient (Wildman–Crippen LogP) is 2.92. The molecule has 2 heterocycles. The number of anilines is 3. The Morgan fingerprint density at radius 1 is 1.19 bits per heavy atom. The summed E-state index contributed by atoms with van der Waals surface area (Å²) in [7, 11) is -3.84. The highest BCUT2D eigenvalue weighted by atomic mass is 32.2. The maximum absolute atomic E-state index is 13.5. The quantitative estimate of drug-likeness (QED) is 0.603. The van der Waals surface area contributed by atoms with Crippen molar-refractivity contribution in [3.63, 3.8) is 0 Å². The third-order valence-corrected chi connectivity index (χ3v) is 6.15. The molecule has 31 heavy (non-hydrogen) atoms. The molecule has 1 aliphatic heterocycles. The van der Waals surface area contributed by atoms with Gasteiger partial charge in [0.25, 0.3) is 0 Å². The van der Waals surface area contributed by atoms with Crippen LogP contribution in [-0.4, -0.2) is 29.4 Å². The minimum atomic E-state index is -3.84. The molecule has 1 atom stereocenters. The molecule has 0 spiro atoms. The average molecular weight is 443 g/mol. The lowest BCUT2D eigenvalue weighted by Crippen LogP contribution is -2.27. The third-order valence-electron chi connectivity index (χ3n) is 5.16. The van der Waals surface area contributed by atoms with Crippen LogP contribution >= 0.6 is 0 Å². The van der Waals surface area contributed by atoms with Crippen LogP contribution < -0.4 is 15.4 Å². The van der Waals surface area contributed by atoms with E-state index in [4.69, 9.17) is 5.14 Å². The second kappa shape index (κ2) is 8.20. The van der Waals surface area contributed by atoms with Crippen LogP contribution in [-0.2, 0) is 29.4 Å². The van der Waals surface area contributed by atoms with Crippen molar-refractivity contribution in [2.45, 2.75) is 44.2 Å². The molecule has 3 N–H and O–H groups in total. The summed E-state index contributed by atoms with van der Waals surface area (Å²) >= 11 is 0. The third kappa shape index (κ3) is 4.35. The van der Waals surface area contributed by atoms with E-state index < -0.39 is 10.0 Å². The Morgan fingerprint density at radius 2 is 1.97 bits per heavy atom. The van der Waals surface area contributed by atoms with E-state index in [-0.39, 0.29) is 16.8 Å². The normalized spacial score (nSPS) is 15.7. The van der Waals surface area contributed by atoms with Gasteiger partial charge in [-0.15, -0.1) is 0 Å². The molecule has 0 aliphatic carbocycles.